The summed E-state index contributed by atoms with van der Waals surface area (Å²) in [7, 11) is 0. The largest absolute Gasteiger partial charge is 0.477 e. The molecular weight excluding hydrogens is 312 g/mol. The van der Waals surface area contributed by atoms with Crippen LogP contribution in [0.2, 0.25) is 0 Å². The fraction of sp³-hybridized carbons (Fsp3) is 0.762. The van der Waals surface area contributed by atoms with Crippen LogP contribution in [-0.2, 0) is 4.79 Å². The molecule has 4 nitrogen and oxygen atoms in total. The normalized spacial score (nSPS) is 22.8. The molecule has 0 spiro atoms. The summed E-state index contributed by atoms with van der Waals surface area (Å²) < 4.78 is 0. The number of carboxylic acids is 1. The van der Waals surface area contributed by atoms with Gasteiger partial charge >= 0.3 is 5.97 Å². The highest BCUT2D eigenvalue weighted by atomic mass is 16.4. The third kappa shape index (κ3) is 7.64. The standard InChI is InChI=1S/C21H36N2O2/c24-21(25)20-19(16-12-8-5-9-13-17-22-23-20)18-14-10-6-3-1-2-4-7-11-15-18/h14,22-23H,1-13,15-17H2,(H,24,25). The van der Waals surface area contributed by atoms with Crippen LogP contribution in [0.4, 0.5) is 0 Å². The Hall–Kier alpha value is -1.29. The first-order chi connectivity index (χ1) is 12.3. The van der Waals surface area contributed by atoms with Gasteiger partial charge in [-0.2, -0.15) is 0 Å². The van der Waals surface area contributed by atoms with Crippen LogP contribution in [0.5, 0.6) is 0 Å². The predicted molar refractivity (Wildman–Crippen MR) is 103 cm³/mol. The minimum Gasteiger partial charge on any atom is -0.477 e. The molecule has 0 unspecified atom stereocenters. The number of hydrogen-bond donors (Lipinski definition) is 3. The number of nitrogens with one attached hydrogen (secondary N) is 2. The summed E-state index contributed by atoms with van der Waals surface area (Å²) in [5, 5.41) is 9.77. The maximum absolute atomic E-state index is 11.9. The van der Waals surface area contributed by atoms with E-state index in [2.05, 4.69) is 16.9 Å². The summed E-state index contributed by atoms with van der Waals surface area (Å²) in [6.45, 7) is 0.823. The molecule has 3 N–H and O–H groups in total. The molecule has 0 fully saturated rings. The lowest BCUT2D eigenvalue weighted by atomic mass is 9.92. The Morgan fingerprint density at radius 1 is 0.800 bits per heavy atom. The van der Waals surface area contributed by atoms with Crippen LogP contribution in [0.1, 0.15) is 96.3 Å². The van der Waals surface area contributed by atoms with E-state index in [-0.39, 0.29) is 0 Å². The molecule has 0 bridgehead atoms. The molecule has 0 atom stereocenters. The summed E-state index contributed by atoms with van der Waals surface area (Å²) in [5.74, 6) is -0.836. The quantitative estimate of drug-likeness (QED) is 0.640. The number of aliphatic carboxylic acids is 1. The molecule has 142 valence electrons. The Morgan fingerprint density at radius 2 is 1.40 bits per heavy atom. The van der Waals surface area contributed by atoms with E-state index < -0.39 is 5.97 Å². The van der Waals surface area contributed by atoms with Gasteiger partial charge in [-0.05, 0) is 56.1 Å². The number of carbonyl (C=O) groups is 1. The van der Waals surface area contributed by atoms with Gasteiger partial charge in [0.1, 0.15) is 5.70 Å². The fourth-order valence-corrected chi connectivity index (χ4v) is 3.90. The van der Waals surface area contributed by atoms with Crippen molar-refractivity contribution in [3.8, 4) is 0 Å². The third-order valence-corrected chi connectivity index (χ3v) is 5.39. The van der Waals surface area contributed by atoms with Crippen molar-refractivity contribution in [3.05, 3.63) is 22.9 Å². The summed E-state index contributed by atoms with van der Waals surface area (Å²) in [6, 6.07) is 0. The van der Waals surface area contributed by atoms with Crippen LogP contribution in [0, 0.1) is 0 Å². The first-order valence-electron chi connectivity index (χ1n) is 10.4. The van der Waals surface area contributed by atoms with E-state index in [1.165, 1.54) is 69.8 Å². The van der Waals surface area contributed by atoms with E-state index >= 15 is 0 Å². The Kier molecular flexibility index (Phi) is 9.71. The lowest BCUT2D eigenvalue weighted by Gasteiger charge is -2.18. The van der Waals surface area contributed by atoms with Crippen molar-refractivity contribution in [2.24, 2.45) is 0 Å². The highest BCUT2D eigenvalue weighted by Gasteiger charge is 2.18. The molecule has 1 aliphatic heterocycles. The third-order valence-electron chi connectivity index (χ3n) is 5.39. The highest BCUT2D eigenvalue weighted by molar-refractivity contribution is 5.87. The van der Waals surface area contributed by atoms with E-state index in [4.69, 9.17) is 0 Å². The molecular formula is C21H36N2O2. The van der Waals surface area contributed by atoms with Crippen molar-refractivity contribution < 1.29 is 9.90 Å². The van der Waals surface area contributed by atoms with Gasteiger partial charge in [0.15, 0.2) is 0 Å². The number of hydrogen-bond acceptors (Lipinski definition) is 3. The molecule has 0 aromatic heterocycles. The Morgan fingerprint density at radius 3 is 2.12 bits per heavy atom. The van der Waals surface area contributed by atoms with E-state index in [0.717, 1.165) is 44.2 Å². The summed E-state index contributed by atoms with van der Waals surface area (Å²) in [6.07, 6.45) is 20.1. The first kappa shape index (κ1) is 20.0. The SMILES string of the molecule is O=C(O)C1=C(C2=CCCCCCCCCC2)CCCCCCCNN1. The van der Waals surface area contributed by atoms with Crippen LogP contribution in [-0.4, -0.2) is 17.6 Å². The monoisotopic (exact) mass is 348 g/mol. The van der Waals surface area contributed by atoms with Gasteiger partial charge in [0.25, 0.3) is 0 Å². The van der Waals surface area contributed by atoms with Crippen molar-refractivity contribution in [1.82, 2.24) is 10.9 Å². The minimum absolute atomic E-state index is 0.378. The maximum Gasteiger partial charge on any atom is 0.353 e. The fourth-order valence-electron chi connectivity index (χ4n) is 3.90. The number of allylic oxidation sites excluding steroid dienone is 3. The topological polar surface area (TPSA) is 61.4 Å². The lowest BCUT2D eigenvalue weighted by molar-refractivity contribution is -0.133. The van der Waals surface area contributed by atoms with Gasteiger partial charge in [-0.1, -0.05) is 57.4 Å². The van der Waals surface area contributed by atoms with Crippen molar-refractivity contribution >= 4 is 5.97 Å². The van der Waals surface area contributed by atoms with Crippen LogP contribution >= 0.6 is 0 Å². The molecule has 2 rings (SSSR count). The van der Waals surface area contributed by atoms with Crippen LogP contribution in [0.3, 0.4) is 0 Å². The number of carboxylic acid groups (broad SMARTS) is 1. The van der Waals surface area contributed by atoms with Gasteiger partial charge in [0, 0.05) is 6.54 Å². The molecule has 4 heteroatoms. The molecule has 1 aliphatic carbocycles. The number of rotatable bonds is 2. The average molecular weight is 349 g/mol. The van der Waals surface area contributed by atoms with Gasteiger partial charge in [0.2, 0.25) is 0 Å². The zero-order chi connectivity index (χ0) is 17.7. The smallest absolute Gasteiger partial charge is 0.353 e. The molecule has 2 aliphatic rings. The van der Waals surface area contributed by atoms with Gasteiger partial charge in [0.05, 0.1) is 0 Å². The zero-order valence-corrected chi connectivity index (χ0v) is 15.7. The van der Waals surface area contributed by atoms with Crippen molar-refractivity contribution in [3.63, 3.8) is 0 Å². The summed E-state index contributed by atoms with van der Waals surface area (Å²) in [5.41, 5.74) is 8.86. The van der Waals surface area contributed by atoms with E-state index in [1.54, 1.807) is 0 Å². The second-order valence-corrected chi connectivity index (χ2v) is 7.47. The molecule has 0 radical (unpaired) electrons. The van der Waals surface area contributed by atoms with E-state index in [0.29, 0.717) is 5.70 Å². The molecule has 0 aromatic rings. The van der Waals surface area contributed by atoms with Gasteiger partial charge in [-0.3, -0.25) is 0 Å². The molecule has 0 aromatic carbocycles. The van der Waals surface area contributed by atoms with Gasteiger partial charge in [-0.15, -0.1) is 0 Å². The van der Waals surface area contributed by atoms with E-state index in [9.17, 15) is 9.90 Å². The average Bonchev–Trinajstić information content (AvgIpc) is 2.70. The van der Waals surface area contributed by atoms with Crippen molar-refractivity contribution in [1.29, 1.82) is 0 Å². The van der Waals surface area contributed by atoms with E-state index in [1.807, 2.05) is 0 Å². The second kappa shape index (κ2) is 12.1. The zero-order valence-electron chi connectivity index (χ0n) is 15.7. The lowest BCUT2D eigenvalue weighted by Crippen LogP contribution is -2.36. The highest BCUT2D eigenvalue weighted by Crippen LogP contribution is 2.28. The second-order valence-electron chi connectivity index (χ2n) is 7.47. The Labute approximate surface area is 153 Å². The van der Waals surface area contributed by atoms with Crippen LogP contribution in [0.25, 0.3) is 0 Å². The Bertz CT molecular complexity index is 469. The van der Waals surface area contributed by atoms with Gasteiger partial charge in [-0.25, -0.2) is 10.2 Å². The Balaban J connectivity index is 2.22. The van der Waals surface area contributed by atoms with Crippen molar-refractivity contribution in [2.45, 2.75) is 96.3 Å². The van der Waals surface area contributed by atoms with Crippen LogP contribution in [0.15, 0.2) is 22.9 Å². The molecule has 25 heavy (non-hydrogen) atoms. The van der Waals surface area contributed by atoms with Gasteiger partial charge < -0.3 is 10.5 Å². The first-order valence-corrected chi connectivity index (χ1v) is 10.4. The molecule has 0 saturated carbocycles. The maximum atomic E-state index is 11.9. The minimum atomic E-state index is -0.836. The van der Waals surface area contributed by atoms with Crippen LogP contribution < -0.4 is 10.9 Å². The predicted octanol–water partition coefficient (Wildman–Crippen LogP) is 5.22. The molecule has 1 heterocycles. The molecule has 0 saturated heterocycles. The molecule has 0 amide bonds. The summed E-state index contributed by atoms with van der Waals surface area (Å²) >= 11 is 0. The summed E-state index contributed by atoms with van der Waals surface area (Å²) in [4.78, 5) is 11.9. The van der Waals surface area contributed by atoms with Crippen molar-refractivity contribution in [2.75, 3.05) is 6.54 Å². The number of hydrazine groups is 1.